The first-order valence-corrected chi connectivity index (χ1v) is 6.38. The van der Waals surface area contributed by atoms with Crippen molar-refractivity contribution in [3.8, 4) is 0 Å². The number of rotatable bonds is 3. The first-order valence-electron chi connectivity index (χ1n) is 6.38. The Morgan fingerprint density at radius 2 is 2.24 bits per heavy atom. The van der Waals surface area contributed by atoms with Crippen LogP contribution in [0.2, 0.25) is 0 Å². The van der Waals surface area contributed by atoms with Crippen LogP contribution in [-0.4, -0.2) is 23.5 Å². The largest absolute Gasteiger partial charge is 0.466 e. The molecule has 0 aromatic carbocycles. The molecule has 3 aliphatic carbocycles. The third-order valence-corrected chi connectivity index (χ3v) is 4.65. The molecule has 3 aliphatic rings. The predicted octanol–water partition coefficient (Wildman–Crippen LogP) is 2.45. The molecule has 4 heteroatoms. The van der Waals surface area contributed by atoms with E-state index in [1.165, 1.54) is 0 Å². The fourth-order valence-corrected chi connectivity index (χ4v) is 3.43. The SMILES string of the molecule is CCOC(=O)CC1C[C@H]2C[C@@H](/C1=N/O)C2(C)C. The maximum absolute atomic E-state index is 11.5. The van der Waals surface area contributed by atoms with Crippen LogP contribution >= 0.6 is 0 Å². The molecule has 3 saturated carbocycles. The summed E-state index contributed by atoms with van der Waals surface area (Å²) in [4.78, 5) is 11.5. The third kappa shape index (κ3) is 1.94. The minimum Gasteiger partial charge on any atom is -0.466 e. The Labute approximate surface area is 102 Å². The van der Waals surface area contributed by atoms with Gasteiger partial charge in [0.05, 0.1) is 18.7 Å². The Bertz CT molecular complexity index is 349. The maximum atomic E-state index is 11.5. The molecule has 0 spiro atoms. The highest BCUT2D eigenvalue weighted by Crippen LogP contribution is 2.59. The molecule has 0 aliphatic heterocycles. The lowest BCUT2D eigenvalue weighted by Gasteiger charge is -2.58. The van der Waals surface area contributed by atoms with Gasteiger partial charge in [-0.05, 0) is 31.1 Å². The highest BCUT2D eigenvalue weighted by atomic mass is 16.5. The van der Waals surface area contributed by atoms with Gasteiger partial charge in [-0.15, -0.1) is 0 Å². The lowest BCUT2D eigenvalue weighted by Crippen LogP contribution is -2.56. The van der Waals surface area contributed by atoms with Crippen molar-refractivity contribution in [3.63, 3.8) is 0 Å². The van der Waals surface area contributed by atoms with Crippen LogP contribution in [0.1, 0.15) is 40.0 Å². The normalized spacial score (nSPS) is 36.4. The van der Waals surface area contributed by atoms with Crippen LogP contribution < -0.4 is 0 Å². The van der Waals surface area contributed by atoms with Gasteiger partial charge in [0.2, 0.25) is 0 Å². The van der Waals surface area contributed by atoms with Gasteiger partial charge in [-0.25, -0.2) is 0 Å². The summed E-state index contributed by atoms with van der Waals surface area (Å²) in [5.41, 5.74) is 1.04. The van der Waals surface area contributed by atoms with Gasteiger partial charge in [0, 0.05) is 11.8 Å². The van der Waals surface area contributed by atoms with Gasteiger partial charge >= 0.3 is 5.97 Å². The highest BCUT2D eigenvalue weighted by molar-refractivity contribution is 5.94. The summed E-state index contributed by atoms with van der Waals surface area (Å²) >= 11 is 0. The van der Waals surface area contributed by atoms with Crippen molar-refractivity contribution < 1.29 is 14.7 Å². The first kappa shape index (κ1) is 12.4. The second-order valence-electron chi connectivity index (χ2n) is 5.77. The minimum atomic E-state index is -0.183. The van der Waals surface area contributed by atoms with Crippen LogP contribution in [0, 0.1) is 23.2 Å². The van der Waals surface area contributed by atoms with Crippen molar-refractivity contribution in [1.29, 1.82) is 0 Å². The van der Waals surface area contributed by atoms with E-state index >= 15 is 0 Å². The number of carbonyl (C=O) groups excluding carboxylic acids is 1. The van der Waals surface area contributed by atoms with Crippen molar-refractivity contribution in [2.75, 3.05) is 6.61 Å². The molecule has 3 fully saturated rings. The van der Waals surface area contributed by atoms with Crippen LogP contribution in [-0.2, 0) is 9.53 Å². The Morgan fingerprint density at radius 3 is 2.76 bits per heavy atom. The Balaban J connectivity index is 2.04. The standard InChI is InChI=1S/C13H21NO3/c1-4-17-11(15)6-8-5-9-7-10(12(8)14-16)13(9,2)3/h8-10,16H,4-7H2,1-3H3/b14-12+/t8?,9-,10-/m0/s1. The molecule has 0 heterocycles. The molecule has 0 aromatic heterocycles. The van der Waals surface area contributed by atoms with Gasteiger partial charge in [0.15, 0.2) is 0 Å². The average Bonchev–Trinajstić information content (AvgIpc) is 2.28. The molecular formula is C13H21NO3. The number of nitrogens with zero attached hydrogens (tertiary/aromatic N) is 1. The second-order valence-corrected chi connectivity index (χ2v) is 5.77. The number of oxime groups is 1. The van der Waals surface area contributed by atoms with E-state index in [2.05, 4.69) is 19.0 Å². The monoisotopic (exact) mass is 239 g/mol. The van der Waals surface area contributed by atoms with Crippen molar-refractivity contribution in [1.82, 2.24) is 0 Å². The first-order chi connectivity index (χ1) is 8.00. The summed E-state index contributed by atoms with van der Waals surface area (Å²) in [6.45, 7) is 6.66. The number of esters is 1. The molecule has 17 heavy (non-hydrogen) atoms. The van der Waals surface area contributed by atoms with Gasteiger partial charge in [0.1, 0.15) is 0 Å². The fourth-order valence-electron chi connectivity index (χ4n) is 3.43. The van der Waals surface area contributed by atoms with E-state index < -0.39 is 0 Å². The minimum absolute atomic E-state index is 0.0795. The van der Waals surface area contributed by atoms with Crippen molar-refractivity contribution in [2.45, 2.75) is 40.0 Å². The summed E-state index contributed by atoms with van der Waals surface area (Å²) in [5.74, 6) is 0.886. The van der Waals surface area contributed by atoms with E-state index in [4.69, 9.17) is 9.94 Å². The number of ether oxygens (including phenoxy) is 1. The lowest BCUT2D eigenvalue weighted by molar-refractivity contribution is -0.144. The highest BCUT2D eigenvalue weighted by Gasteiger charge is 2.56. The van der Waals surface area contributed by atoms with Gasteiger partial charge in [-0.2, -0.15) is 0 Å². The van der Waals surface area contributed by atoms with Gasteiger partial charge in [-0.1, -0.05) is 19.0 Å². The molecule has 0 aromatic rings. The zero-order valence-corrected chi connectivity index (χ0v) is 10.8. The molecule has 3 atom stereocenters. The number of fused-ring (bicyclic) bond motifs is 2. The quantitative estimate of drug-likeness (QED) is 0.467. The number of hydrogen-bond donors (Lipinski definition) is 1. The van der Waals surface area contributed by atoms with Crippen LogP contribution in [0.3, 0.4) is 0 Å². The maximum Gasteiger partial charge on any atom is 0.306 e. The molecule has 1 N–H and O–H groups in total. The average molecular weight is 239 g/mol. The van der Waals surface area contributed by atoms with Crippen molar-refractivity contribution >= 4 is 11.7 Å². The zero-order chi connectivity index (χ0) is 12.6. The molecular weight excluding hydrogens is 218 g/mol. The van der Waals surface area contributed by atoms with Gasteiger partial charge in [-0.3, -0.25) is 4.79 Å². The molecule has 2 bridgehead atoms. The molecule has 0 saturated heterocycles. The number of carbonyl (C=O) groups is 1. The van der Waals surface area contributed by atoms with Crippen molar-refractivity contribution in [2.24, 2.45) is 28.3 Å². The van der Waals surface area contributed by atoms with E-state index in [-0.39, 0.29) is 17.3 Å². The smallest absolute Gasteiger partial charge is 0.306 e. The Morgan fingerprint density at radius 1 is 1.53 bits per heavy atom. The Hall–Kier alpha value is -1.06. The molecule has 96 valence electrons. The summed E-state index contributed by atoms with van der Waals surface area (Å²) < 4.78 is 4.96. The van der Waals surface area contributed by atoms with Gasteiger partial charge in [0.25, 0.3) is 0 Å². The molecule has 0 radical (unpaired) electrons. The van der Waals surface area contributed by atoms with E-state index in [0.29, 0.717) is 24.9 Å². The number of hydrogen-bond acceptors (Lipinski definition) is 4. The lowest BCUT2D eigenvalue weighted by atomic mass is 9.46. The fraction of sp³-hybridized carbons (Fsp3) is 0.846. The van der Waals surface area contributed by atoms with Crippen LogP contribution in [0.15, 0.2) is 5.16 Å². The van der Waals surface area contributed by atoms with Crippen LogP contribution in [0.5, 0.6) is 0 Å². The Kier molecular flexibility index (Phi) is 3.15. The third-order valence-electron chi connectivity index (χ3n) is 4.65. The summed E-state index contributed by atoms with van der Waals surface area (Å²) in [6.07, 6.45) is 2.41. The summed E-state index contributed by atoms with van der Waals surface area (Å²) in [7, 11) is 0. The van der Waals surface area contributed by atoms with E-state index in [1.807, 2.05) is 0 Å². The molecule has 1 unspecified atom stereocenters. The van der Waals surface area contributed by atoms with Gasteiger partial charge < -0.3 is 9.94 Å². The van der Waals surface area contributed by atoms with Crippen molar-refractivity contribution in [3.05, 3.63) is 0 Å². The molecule has 3 rings (SSSR count). The molecule has 0 amide bonds. The molecule has 4 nitrogen and oxygen atoms in total. The predicted molar refractivity (Wildman–Crippen MR) is 64.0 cm³/mol. The second kappa shape index (κ2) is 4.31. The van der Waals surface area contributed by atoms with E-state index in [9.17, 15) is 4.79 Å². The summed E-state index contributed by atoms with van der Waals surface area (Å²) in [6, 6.07) is 0. The van der Waals surface area contributed by atoms with Crippen LogP contribution in [0.4, 0.5) is 0 Å². The van der Waals surface area contributed by atoms with E-state index in [1.54, 1.807) is 6.92 Å². The van der Waals surface area contributed by atoms with Crippen LogP contribution in [0.25, 0.3) is 0 Å². The topological polar surface area (TPSA) is 58.9 Å². The van der Waals surface area contributed by atoms with E-state index in [0.717, 1.165) is 18.6 Å². The zero-order valence-electron chi connectivity index (χ0n) is 10.8. The summed E-state index contributed by atoms with van der Waals surface area (Å²) in [5, 5.41) is 12.6.